The quantitative estimate of drug-likeness (QED) is 0.720. The first-order valence-electron chi connectivity index (χ1n) is 6.12. The van der Waals surface area contributed by atoms with Crippen molar-refractivity contribution in [2.24, 2.45) is 5.92 Å². The Labute approximate surface area is 96.9 Å². The average molecular weight is 227 g/mol. The maximum absolute atomic E-state index is 11.7. The van der Waals surface area contributed by atoms with Gasteiger partial charge in [-0.3, -0.25) is 4.79 Å². The van der Waals surface area contributed by atoms with E-state index in [1.807, 2.05) is 11.8 Å². The van der Waals surface area contributed by atoms with E-state index < -0.39 is 0 Å². The molecule has 0 aromatic rings. The van der Waals surface area contributed by atoms with Gasteiger partial charge in [-0.1, -0.05) is 6.92 Å². The van der Waals surface area contributed by atoms with E-state index in [-0.39, 0.29) is 11.5 Å². The zero-order valence-electron chi connectivity index (χ0n) is 10.2. The van der Waals surface area contributed by atoms with Crippen molar-refractivity contribution in [2.45, 2.75) is 31.8 Å². The molecule has 2 rings (SSSR count). The highest BCUT2D eigenvalue weighted by Crippen LogP contribution is 2.40. The lowest BCUT2D eigenvalue weighted by Crippen LogP contribution is -2.66. The molecule has 0 bridgehead atoms. The molecular formula is C12H21NO3. The van der Waals surface area contributed by atoms with Gasteiger partial charge in [-0.05, 0) is 12.8 Å². The summed E-state index contributed by atoms with van der Waals surface area (Å²) in [7, 11) is 1.73. The fourth-order valence-electron chi connectivity index (χ4n) is 2.72. The van der Waals surface area contributed by atoms with Gasteiger partial charge in [0.25, 0.3) is 0 Å². The van der Waals surface area contributed by atoms with Crippen LogP contribution in [0.2, 0.25) is 0 Å². The van der Waals surface area contributed by atoms with Crippen molar-refractivity contribution in [3.8, 4) is 0 Å². The van der Waals surface area contributed by atoms with Crippen molar-refractivity contribution in [1.82, 2.24) is 4.90 Å². The van der Waals surface area contributed by atoms with Gasteiger partial charge in [0.15, 0.2) is 0 Å². The Morgan fingerprint density at radius 1 is 1.56 bits per heavy atom. The summed E-state index contributed by atoms with van der Waals surface area (Å²) < 4.78 is 11.0. The van der Waals surface area contributed by atoms with Crippen LogP contribution in [0.5, 0.6) is 0 Å². The third-order valence-electron chi connectivity index (χ3n) is 3.70. The number of hydrogen-bond acceptors (Lipinski definition) is 3. The van der Waals surface area contributed by atoms with E-state index in [2.05, 4.69) is 0 Å². The van der Waals surface area contributed by atoms with Crippen LogP contribution in [0.3, 0.4) is 0 Å². The van der Waals surface area contributed by atoms with E-state index in [4.69, 9.17) is 9.47 Å². The van der Waals surface area contributed by atoms with Crippen molar-refractivity contribution in [3.05, 3.63) is 0 Å². The van der Waals surface area contributed by atoms with Gasteiger partial charge >= 0.3 is 0 Å². The molecule has 4 nitrogen and oxygen atoms in total. The number of rotatable bonds is 4. The molecule has 0 aromatic heterocycles. The molecule has 16 heavy (non-hydrogen) atoms. The molecule has 2 aliphatic rings. The molecule has 0 aliphatic carbocycles. The monoisotopic (exact) mass is 227 g/mol. The minimum absolute atomic E-state index is 0.0839. The molecule has 0 N–H and O–H groups in total. The van der Waals surface area contributed by atoms with Crippen LogP contribution in [-0.4, -0.2) is 49.8 Å². The minimum atomic E-state index is -0.0839. The number of nitrogens with zero attached hydrogens (tertiary/aromatic N) is 1. The summed E-state index contributed by atoms with van der Waals surface area (Å²) in [6.07, 6.45) is 2.64. The van der Waals surface area contributed by atoms with Gasteiger partial charge in [0.05, 0.1) is 19.7 Å². The number of methoxy groups -OCH3 is 1. The molecule has 0 radical (unpaired) electrons. The molecule has 92 valence electrons. The molecule has 1 atom stereocenters. The standard InChI is InChI=1S/C12H21NO3/c1-3-4-11(14)13-8-12(9-13)10(7-15-2)5-6-16-12/h10H,3-9H2,1-2H3/t10-/m1/s1. The highest BCUT2D eigenvalue weighted by atomic mass is 16.5. The number of likely N-dealkylation sites (tertiary alicyclic amines) is 1. The second-order valence-corrected chi connectivity index (χ2v) is 4.85. The topological polar surface area (TPSA) is 38.8 Å². The second kappa shape index (κ2) is 4.72. The van der Waals surface area contributed by atoms with Crippen LogP contribution >= 0.6 is 0 Å². The van der Waals surface area contributed by atoms with Gasteiger partial charge in [-0.25, -0.2) is 0 Å². The number of amides is 1. The summed E-state index contributed by atoms with van der Waals surface area (Å²) in [6, 6.07) is 0. The Morgan fingerprint density at radius 2 is 2.31 bits per heavy atom. The zero-order valence-corrected chi connectivity index (χ0v) is 10.2. The molecule has 2 heterocycles. The molecule has 1 spiro atoms. The Bertz CT molecular complexity index is 261. The van der Waals surface area contributed by atoms with E-state index in [0.29, 0.717) is 12.3 Å². The van der Waals surface area contributed by atoms with Crippen LogP contribution in [0.4, 0.5) is 0 Å². The SMILES string of the molecule is CCCC(=O)N1CC2(C1)OCC[C@@H]2COC. The van der Waals surface area contributed by atoms with Crippen molar-refractivity contribution in [3.63, 3.8) is 0 Å². The van der Waals surface area contributed by atoms with E-state index in [0.717, 1.165) is 39.1 Å². The Kier molecular flexibility index (Phi) is 3.50. The normalized spacial score (nSPS) is 27.1. The first-order chi connectivity index (χ1) is 7.72. The highest BCUT2D eigenvalue weighted by Gasteiger charge is 2.54. The molecule has 4 heteroatoms. The smallest absolute Gasteiger partial charge is 0.222 e. The maximum Gasteiger partial charge on any atom is 0.222 e. The van der Waals surface area contributed by atoms with Crippen molar-refractivity contribution >= 4 is 5.91 Å². The van der Waals surface area contributed by atoms with Gasteiger partial charge in [-0.15, -0.1) is 0 Å². The molecule has 0 saturated carbocycles. The van der Waals surface area contributed by atoms with Crippen LogP contribution in [0, 0.1) is 5.92 Å². The predicted molar refractivity (Wildman–Crippen MR) is 60.2 cm³/mol. The van der Waals surface area contributed by atoms with Crippen molar-refractivity contribution in [2.75, 3.05) is 33.4 Å². The molecule has 0 aromatic carbocycles. The van der Waals surface area contributed by atoms with Crippen LogP contribution in [-0.2, 0) is 14.3 Å². The summed E-state index contributed by atoms with van der Waals surface area (Å²) >= 11 is 0. The van der Waals surface area contributed by atoms with Crippen LogP contribution in [0.25, 0.3) is 0 Å². The highest BCUT2D eigenvalue weighted by molar-refractivity contribution is 5.77. The van der Waals surface area contributed by atoms with Gasteiger partial charge in [0, 0.05) is 26.1 Å². The molecule has 2 fully saturated rings. The minimum Gasteiger partial charge on any atom is -0.384 e. The van der Waals surface area contributed by atoms with Gasteiger partial charge in [0.1, 0.15) is 5.60 Å². The van der Waals surface area contributed by atoms with E-state index in [1.165, 1.54) is 0 Å². The van der Waals surface area contributed by atoms with E-state index >= 15 is 0 Å². The first-order valence-corrected chi connectivity index (χ1v) is 6.12. The summed E-state index contributed by atoms with van der Waals surface area (Å²) in [4.78, 5) is 13.6. The lowest BCUT2D eigenvalue weighted by molar-refractivity contribution is -0.168. The number of hydrogen-bond donors (Lipinski definition) is 0. The van der Waals surface area contributed by atoms with Gasteiger partial charge in [-0.2, -0.15) is 0 Å². The van der Waals surface area contributed by atoms with Crippen LogP contribution in [0.15, 0.2) is 0 Å². The predicted octanol–water partition coefficient (Wildman–Crippen LogP) is 1.05. The zero-order chi connectivity index (χ0) is 11.6. The van der Waals surface area contributed by atoms with Crippen molar-refractivity contribution in [1.29, 1.82) is 0 Å². The van der Waals surface area contributed by atoms with Gasteiger partial charge in [0.2, 0.25) is 5.91 Å². The molecule has 2 aliphatic heterocycles. The molecule has 0 unspecified atom stereocenters. The molecule has 2 saturated heterocycles. The van der Waals surface area contributed by atoms with Crippen molar-refractivity contribution < 1.29 is 14.3 Å². The van der Waals surface area contributed by atoms with Gasteiger partial charge < -0.3 is 14.4 Å². The number of carbonyl (C=O) groups excluding carboxylic acids is 1. The second-order valence-electron chi connectivity index (χ2n) is 4.85. The Morgan fingerprint density at radius 3 is 2.94 bits per heavy atom. The fraction of sp³-hybridized carbons (Fsp3) is 0.917. The number of ether oxygens (including phenoxy) is 2. The Hall–Kier alpha value is -0.610. The van der Waals surface area contributed by atoms with Crippen LogP contribution < -0.4 is 0 Å². The Balaban J connectivity index is 1.87. The lowest BCUT2D eigenvalue weighted by atomic mass is 9.81. The van der Waals surface area contributed by atoms with E-state index in [1.54, 1.807) is 7.11 Å². The summed E-state index contributed by atoms with van der Waals surface area (Å²) in [5, 5.41) is 0. The fourth-order valence-corrected chi connectivity index (χ4v) is 2.72. The summed E-state index contributed by atoms with van der Waals surface area (Å²) in [5.74, 6) is 0.725. The molecule has 1 amide bonds. The summed E-state index contributed by atoms with van der Waals surface area (Å²) in [5.41, 5.74) is -0.0839. The maximum atomic E-state index is 11.7. The first kappa shape index (κ1) is 11.9. The third-order valence-corrected chi connectivity index (χ3v) is 3.70. The molecular weight excluding hydrogens is 206 g/mol. The summed E-state index contributed by atoms with van der Waals surface area (Å²) in [6.45, 7) is 5.12. The third kappa shape index (κ3) is 1.96. The number of carbonyl (C=O) groups is 1. The van der Waals surface area contributed by atoms with Crippen LogP contribution in [0.1, 0.15) is 26.2 Å². The average Bonchev–Trinajstić information content (AvgIpc) is 2.60. The largest absolute Gasteiger partial charge is 0.384 e. The lowest BCUT2D eigenvalue weighted by Gasteiger charge is -2.50. The van der Waals surface area contributed by atoms with E-state index in [9.17, 15) is 4.79 Å².